The number of unbranched alkanes of at least 4 members (excludes halogenated alkanes) is 11. The Morgan fingerprint density at radius 2 is 1.48 bits per heavy atom. The number of amides is 1. The second kappa shape index (κ2) is 18.9. The van der Waals surface area contributed by atoms with Crippen molar-refractivity contribution in [1.29, 1.82) is 0 Å². The molecule has 0 saturated heterocycles. The zero-order valence-corrected chi connectivity index (χ0v) is 26.2. The maximum absolute atomic E-state index is 12.8. The van der Waals surface area contributed by atoms with Crippen LogP contribution in [0.25, 0.3) is 0 Å². The van der Waals surface area contributed by atoms with Crippen LogP contribution >= 0.6 is 22.9 Å². The highest BCUT2D eigenvalue weighted by Gasteiger charge is 2.16. The van der Waals surface area contributed by atoms with Crippen LogP contribution in [0.3, 0.4) is 0 Å². The van der Waals surface area contributed by atoms with E-state index in [4.69, 9.17) is 16.3 Å². The zero-order chi connectivity index (χ0) is 28.4. The first-order chi connectivity index (χ1) is 19.6. The Bertz CT molecular complexity index is 1100. The van der Waals surface area contributed by atoms with Crippen LogP contribution in [0.2, 0.25) is 5.02 Å². The Kier molecular flexibility index (Phi) is 15.2. The summed E-state index contributed by atoms with van der Waals surface area (Å²) in [6, 6.07) is 14.1. The third-order valence-electron chi connectivity index (χ3n) is 7.34. The van der Waals surface area contributed by atoms with E-state index < -0.39 is 0 Å². The second-order valence-corrected chi connectivity index (χ2v) is 11.9. The summed E-state index contributed by atoms with van der Waals surface area (Å²) >= 11 is 8.26. The van der Waals surface area contributed by atoms with Gasteiger partial charge in [-0.05, 0) is 36.2 Å². The third-order valence-corrected chi connectivity index (χ3v) is 8.30. The molecule has 1 amide bonds. The third kappa shape index (κ3) is 11.6. The van der Waals surface area contributed by atoms with Crippen molar-refractivity contribution in [1.82, 2.24) is 0 Å². The summed E-state index contributed by atoms with van der Waals surface area (Å²) in [6.45, 7) is 6.16. The van der Waals surface area contributed by atoms with Gasteiger partial charge in [-0.1, -0.05) is 126 Å². The number of thiazole rings is 1. The van der Waals surface area contributed by atoms with Crippen LogP contribution in [0.1, 0.15) is 108 Å². The van der Waals surface area contributed by atoms with Crippen molar-refractivity contribution >= 4 is 34.5 Å². The molecule has 0 unspecified atom stereocenters. The van der Waals surface area contributed by atoms with Crippen molar-refractivity contribution in [2.24, 2.45) is 0 Å². The smallest absolute Gasteiger partial charge is 0.227 e. The second-order valence-electron chi connectivity index (χ2n) is 10.7. The van der Waals surface area contributed by atoms with Crippen LogP contribution < -0.4 is 14.2 Å². The van der Waals surface area contributed by atoms with Gasteiger partial charge in [-0.15, -0.1) is 0 Å². The molecular formula is C34H48ClN2O2S+. The molecule has 0 aliphatic carbocycles. The van der Waals surface area contributed by atoms with E-state index in [9.17, 15) is 4.79 Å². The van der Waals surface area contributed by atoms with E-state index in [-0.39, 0.29) is 5.91 Å². The first kappa shape index (κ1) is 32.1. The lowest BCUT2D eigenvalue weighted by Crippen LogP contribution is -2.31. The fraction of sp³-hybridized carbons (Fsp3) is 0.529. The highest BCUT2D eigenvalue weighted by atomic mass is 35.5. The van der Waals surface area contributed by atoms with Gasteiger partial charge in [-0.3, -0.25) is 4.79 Å². The molecule has 1 aromatic heterocycles. The summed E-state index contributed by atoms with van der Waals surface area (Å²) in [7, 11) is 0. The van der Waals surface area contributed by atoms with Gasteiger partial charge < -0.3 is 9.64 Å². The summed E-state index contributed by atoms with van der Waals surface area (Å²) in [5.41, 5.74) is 5.18. The fourth-order valence-electron chi connectivity index (χ4n) is 4.93. The lowest BCUT2D eigenvalue weighted by atomic mass is 10.1. The van der Waals surface area contributed by atoms with Gasteiger partial charge in [0.15, 0.2) is 12.7 Å². The molecular weight excluding hydrogens is 536 g/mol. The monoisotopic (exact) mass is 583 g/mol. The van der Waals surface area contributed by atoms with Gasteiger partial charge in [0.1, 0.15) is 5.75 Å². The summed E-state index contributed by atoms with van der Waals surface area (Å²) < 4.78 is 8.14. The molecule has 2 aromatic carbocycles. The largest absolute Gasteiger partial charge is 0.492 e. The molecule has 0 N–H and O–H groups in total. The van der Waals surface area contributed by atoms with E-state index in [0.29, 0.717) is 24.6 Å². The minimum absolute atomic E-state index is 0.0865. The van der Waals surface area contributed by atoms with Gasteiger partial charge in [-0.2, -0.15) is 4.57 Å². The highest BCUT2D eigenvalue weighted by Crippen LogP contribution is 2.28. The fourth-order valence-corrected chi connectivity index (χ4v) is 5.78. The van der Waals surface area contributed by atoms with Crippen LogP contribution in [0.15, 0.2) is 59.6 Å². The van der Waals surface area contributed by atoms with Crippen LogP contribution in [-0.4, -0.2) is 12.5 Å². The van der Waals surface area contributed by atoms with E-state index in [1.807, 2.05) is 42.2 Å². The first-order valence-electron chi connectivity index (χ1n) is 15.3. The topological polar surface area (TPSA) is 33.4 Å². The van der Waals surface area contributed by atoms with Crippen molar-refractivity contribution in [3.63, 3.8) is 0 Å². The van der Waals surface area contributed by atoms with Gasteiger partial charge in [0.25, 0.3) is 0 Å². The Morgan fingerprint density at radius 1 is 0.850 bits per heavy atom. The van der Waals surface area contributed by atoms with Crippen molar-refractivity contribution in [2.45, 2.75) is 110 Å². The average molecular weight is 584 g/mol. The van der Waals surface area contributed by atoms with Gasteiger partial charge in [0, 0.05) is 17.7 Å². The molecule has 4 nitrogen and oxygen atoms in total. The number of halogens is 1. The number of hydrogen-bond acceptors (Lipinski definition) is 3. The molecule has 3 aromatic rings. The number of carbonyl (C=O) groups excluding carboxylic acids is 1. The molecule has 0 fully saturated rings. The van der Waals surface area contributed by atoms with Crippen LogP contribution in [0, 0.1) is 0 Å². The van der Waals surface area contributed by atoms with E-state index in [0.717, 1.165) is 30.0 Å². The molecule has 0 saturated carbocycles. The first-order valence-corrected chi connectivity index (χ1v) is 16.6. The van der Waals surface area contributed by atoms with Gasteiger partial charge >= 0.3 is 0 Å². The number of carbonyl (C=O) groups is 1. The van der Waals surface area contributed by atoms with Crippen molar-refractivity contribution in [2.75, 3.05) is 11.5 Å². The number of rotatable bonds is 20. The number of benzene rings is 2. The lowest BCUT2D eigenvalue weighted by Gasteiger charge is -2.23. The quantitative estimate of drug-likeness (QED) is 0.0979. The number of hydrogen-bond donors (Lipinski definition) is 0. The molecule has 0 atom stereocenters. The van der Waals surface area contributed by atoms with Gasteiger partial charge in [-0.25, -0.2) is 0 Å². The van der Waals surface area contributed by atoms with Crippen LogP contribution in [0.5, 0.6) is 5.75 Å². The Hall–Kier alpha value is -2.37. The molecule has 0 bridgehead atoms. The normalized spacial score (nSPS) is 11.1. The highest BCUT2D eigenvalue weighted by molar-refractivity contribution is 7.07. The summed E-state index contributed by atoms with van der Waals surface area (Å²) in [4.78, 5) is 14.7. The maximum Gasteiger partial charge on any atom is 0.227 e. The zero-order valence-electron chi connectivity index (χ0n) is 24.6. The summed E-state index contributed by atoms with van der Waals surface area (Å²) in [5.74, 6) is 0.806. The van der Waals surface area contributed by atoms with Crippen molar-refractivity contribution < 1.29 is 14.1 Å². The molecule has 6 heteroatoms. The van der Waals surface area contributed by atoms with E-state index >= 15 is 0 Å². The van der Waals surface area contributed by atoms with Crippen molar-refractivity contribution in [3.8, 4) is 5.75 Å². The van der Waals surface area contributed by atoms with E-state index in [1.54, 1.807) is 11.3 Å². The summed E-state index contributed by atoms with van der Waals surface area (Å²) in [6.07, 6.45) is 18.4. The molecule has 3 rings (SSSR count). The average Bonchev–Trinajstić information content (AvgIpc) is 3.48. The molecule has 0 aliphatic heterocycles. The Morgan fingerprint density at radius 3 is 2.05 bits per heavy atom. The maximum atomic E-state index is 12.8. The van der Waals surface area contributed by atoms with Crippen molar-refractivity contribution in [3.05, 3.63) is 75.7 Å². The molecule has 40 heavy (non-hydrogen) atoms. The predicted octanol–water partition coefficient (Wildman–Crippen LogP) is 9.76. The van der Waals surface area contributed by atoms with Crippen LogP contribution in [-0.2, 0) is 17.9 Å². The molecule has 1 heterocycles. The molecule has 218 valence electrons. The Labute approximate surface area is 251 Å². The molecule has 0 radical (unpaired) electrons. The Balaban J connectivity index is 1.39. The number of anilines is 1. The summed E-state index contributed by atoms with van der Waals surface area (Å²) in [5, 5.41) is 2.67. The lowest BCUT2D eigenvalue weighted by molar-refractivity contribution is -0.683. The standard InChI is InChI=1S/C34H48ClN2O2S/c1-3-5-6-7-8-9-10-11-12-13-14-15-23-39-33-21-18-30(25-32(33)35)27-37(34(38)4-2)31-19-16-29(17-20-31)26-36-22-24-40-28-36/h16-22,24-25,28H,3-15,23,26-27H2,1-2H3/q+1. The molecule has 0 spiro atoms. The van der Waals surface area contributed by atoms with E-state index in [1.165, 1.54) is 76.2 Å². The molecule has 0 aliphatic rings. The predicted molar refractivity (Wildman–Crippen MR) is 170 cm³/mol. The minimum Gasteiger partial charge on any atom is -0.492 e. The van der Waals surface area contributed by atoms with E-state index in [2.05, 4.69) is 40.7 Å². The van der Waals surface area contributed by atoms with Gasteiger partial charge in [0.05, 0.1) is 23.6 Å². The number of nitrogens with zero attached hydrogens (tertiary/aromatic N) is 2. The minimum atomic E-state index is 0.0865. The number of ether oxygens (including phenoxy) is 1. The van der Waals surface area contributed by atoms with Gasteiger partial charge in [0.2, 0.25) is 11.4 Å². The number of aromatic nitrogens is 1. The SMILES string of the molecule is CCCCCCCCCCCCCCOc1ccc(CN(C(=O)CC)c2ccc(C[n+]3ccsc3)cc2)cc1Cl. The van der Waals surface area contributed by atoms with Crippen LogP contribution in [0.4, 0.5) is 5.69 Å².